The number of methoxy groups -OCH3 is 1. The molecule has 0 aliphatic rings. The highest BCUT2D eigenvalue weighted by molar-refractivity contribution is 6.16. The summed E-state index contributed by atoms with van der Waals surface area (Å²) in [6, 6.07) is 17.3. The van der Waals surface area contributed by atoms with Gasteiger partial charge in [0.2, 0.25) is 0 Å². The molecule has 0 unspecified atom stereocenters. The number of fused-ring (bicyclic) bond motifs is 2. The standard InChI is InChI=1S/C22H19NO3/c1-13-14(2)26-21-16(13)9-6-10-18(21)23-22(24)20-17-8-5-4-7-15(17)11-12-19(20)25-3/h4-12H,1-3H3,(H,23,24). The summed E-state index contributed by atoms with van der Waals surface area (Å²) in [4.78, 5) is 13.1. The van der Waals surface area contributed by atoms with Crippen LogP contribution in [0.15, 0.2) is 59.0 Å². The number of furan rings is 1. The topological polar surface area (TPSA) is 51.5 Å². The van der Waals surface area contributed by atoms with Crippen LogP contribution >= 0.6 is 0 Å². The molecule has 1 aromatic heterocycles. The second kappa shape index (κ2) is 6.23. The summed E-state index contributed by atoms with van der Waals surface area (Å²) < 4.78 is 11.3. The van der Waals surface area contributed by atoms with Gasteiger partial charge in [-0.05, 0) is 42.3 Å². The van der Waals surface area contributed by atoms with Crippen LogP contribution in [0.4, 0.5) is 5.69 Å². The van der Waals surface area contributed by atoms with Crippen LogP contribution in [0.2, 0.25) is 0 Å². The third-order valence-electron chi connectivity index (χ3n) is 4.79. The van der Waals surface area contributed by atoms with Gasteiger partial charge in [0.25, 0.3) is 5.91 Å². The number of para-hydroxylation sites is 1. The second-order valence-electron chi connectivity index (χ2n) is 6.28. The molecule has 0 spiro atoms. The average Bonchev–Trinajstić information content (AvgIpc) is 2.96. The van der Waals surface area contributed by atoms with Gasteiger partial charge in [-0.25, -0.2) is 0 Å². The predicted molar refractivity (Wildman–Crippen MR) is 104 cm³/mol. The summed E-state index contributed by atoms with van der Waals surface area (Å²) in [5.41, 5.74) is 2.94. The molecular formula is C22H19NO3. The third-order valence-corrected chi connectivity index (χ3v) is 4.79. The zero-order valence-electron chi connectivity index (χ0n) is 14.9. The van der Waals surface area contributed by atoms with Crippen LogP contribution in [-0.4, -0.2) is 13.0 Å². The van der Waals surface area contributed by atoms with Crippen LogP contribution in [0.25, 0.3) is 21.7 Å². The van der Waals surface area contributed by atoms with E-state index in [0.717, 1.165) is 27.5 Å². The molecular weight excluding hydrogens is 326 g/mol. The molecule has 4 heteroatoms. The maximum Gasteiger partial charge on any atom is 0.260 e. The molecule has 3 aromatic carbocycles. The fourth-order valence-electron chi connectivity index (χ4n) is 3.30. The number of carbonyl (C=O) groups is 1. The van der Waals surface area contributed by atoms with Crippen molar-refractivity contribution in [2.75, 3.05) is 12.4 Å². The Hall–Kier alpha value is -3.27. The van der Waals surface area contributed by atoms with Crippen molar-refractivity contribution in [2.24, 2.45) is 0 Å². The van der Waals surface area contributed by atoms with Gasteiger partial charge in [0.15, 0.2) is 5.58 Å². The maximum absolute atomic E-state index is 13.1. The van der Waals surface area contributed by atoms with Gasteiger partial charge in [0.1, 0.15) is 11.5 Å². The van der Waals surface area contributed by atoms with Crippen molar-refractivity contribution in [1.82, 2.24) is 0 Å². The van der Waals surface area contributed by atoms with E-state index in [2.05, 4.69) is 5.32 Å². The van der Waals surface area contributed by atoms with Crippen molar-refractivity contribution in [3.05, 3.63) is 71.5 Å². The SMILES string of the molecule is COc1ccc2ccccc2c1C(=O)Nc1cccc2c(C)c(C)oc12. The molecule has 0 radical (unpaired) electrons. The van der Waals surface area contributed by atoms with E-state index in [1.807, 2.05) is 68.4 Å². The Labute approximate surface area is 151 Å². The summed E-state index contributed by atoms with van der Waals surface area (Å²) in [7, 11) is 1.57. The number of aryl methyl sites for hydroxylation is 2. The van der Waals surface area contributed by atoms with E-state index >= 15 is 0 Å². The lowest BCUT2D eigenvalue weighted by Crippen LogP contribution is -2.14. The van der Waals surface area contributed by atoms with Gasteiger partial charge >= 0.3 is 0 Å². The number of hydrogen-bond donors (Lipinski definition) is 1. The molecule has 26 heavy (non-hydrogen) atoms. The Kier molecular flexibility index (Phi) is 3.88. The van der Waals surface area contributed by atoms with Crippen molar-refractivity contribution >= 4 is 33.3 Å². The largest absolute Gasteiger partial charge is 0.496 e. The van der Waals surface area contributed by atoms with Crippen LogP contribution in [0.5, 0.6) is 5.75 Å². The number of rotatable bonds is 3. The lowest BCUT2D eigenvalue weighted by molar-refractivity contribution is 0.102. The van der Waals surface area contributed by atoms with Crippen molar-refractivity contribution in [1.29, 1.82) is 0 Å². The smallest absolute Gasteiger partial charge is 0.260 e. The number of carbonyl (C=O) groups excluding carboxylic acids is 1. The normalized spacial score (nSPS) is 11.0. The van der Waals surface area contributed by atoms with Crippen LogP contribution < -0.4 is 10.1 Å². The fourth-order valence-corrected chi connectivity index (χ4v) is 3.30. The first-order valence-corrected chi connectivity index (χ1v) is 8.46. The predicted octanol–water partition coefficient (Wildman–Crippen LogP) is 5.46. The first kappa shape index (κ1) is 16.2. The zero-order valence-corrected chi connectivity index (χ0v) is 14.9. The van der Waals surface area contributed by atoms with Gasteiger partial charge in [0.05, 0.1) is 18.4 Å². The van der Waals surface area contributed by atoms with Crippen LogP contribution in [0.1, 0.15) is 21.7 Å². The Bertz CT molecular complexity index is 1140. The summed E-state index contributed by atoms with van der Waals surface area (Å²) >= 11 is 0. The van der Waals surface area contributed by atoms with E-state index in [9.17, 15) is 4.79 Å². The van der Waals surface area contributed by atoms with Crippen molar-refractivity contribution in [2.45, 2.75) is 13.8 Å². The Morgan fingerprint density at radius 1 is 0.962 bits per heavy atom. The first-order valence-electron chi connectivity index (χ1n) is 8.46. The lowest BCUT2D eigenvalue weighted by Gasteiger charge is -2.12. The number of amides is 1. The van der Waals surface area contributed by atoms with E-state index in [4.69, 9.17) is 9.15 Å². The zero-order chi connectivity index (χ0) is 18.3. The maximum atomic E-state index is 13.1. The van der Waals surface area contributed by atoms with Crippen molar-refractivity contribution in [3.63, 3.8) is 0 Å². The monoisotopic (exact) mass is 345 g/mol. The van der Waals surface area contributed by atoms with E-state index in [1.165, 1.54) is 0 Å². The molecule has 4 rings (SSSR count). The molecule has 0 aliphatic carbocycles. The molecule has 0 saturated heterocycles. The lowest BCUT2D eigenvalue weighted by atomic mass is 10.0. The molecule has 1 N–H and O–H groups in total. The summed E-state index contributed by atoms with van der Waals surface area (Å²) in [5.74, 6) is 1.17. The second-order valence-corrected chi connectivity index (χ2v) is 6.28. The molecule has 0 fully saturated rings. The fraction of sp³-hybridized carbons (Fsp3) is 0.136. The molecule has 0 atom stereocenters. The minimum atomic E-state index is -0.224. The van der Waals surface area contributed by atoms with E-state index < -0.39 is 0 Å². The van der Waals surface area contributed by atoms with E-state index in [1.54, 1.807) is 7.11 Å². The highest BCUT2D eigenvalue weighted by Crippen LogP contribution is 2.33. The van der Waals surface area contributed by atoms with Gasteiger partial charge in [-0.15, -0.1) is 0 Å². The molecule has 0 aliphatic heterocycles. The number of ether oxygens (including phenoxy) is 1. The molecule has 130 valence electrons. The molecule has 4 nitrogen and oxygen atoms in total. The minimum Gasteiger partial charge on any atom is -0.496 e. The number of anilines is 1. The summed E-state index contributed by atoms with van der Waals surface area (Å²) in [5, 5.41) is 5.84. The number of benzene rings is 3. The van der Waals surface area contributed by atoms with Gasteiger partial charge in [-0.2, -0.15) is 0 Å². The summed E-state index contributed by atoms with van der Waals surface area (Å²) in [6.45, 7) is 3.94. The van der Waals surface area contributed by atoms with E-state index in [-0.39, 0.29) is 5.91 Å². The molecule has 0 bridgehead atoms. The first-order chi connectivity index (χ1) is 12.6. The van der Waals surface area contributed by atoms with Crippen LogP contribution in [0.3, 0.4) is 0 Å². The molecule has 4 aromatic rings. The highest BCUT2D eigenvalue weighted by atomic mass is 16.5. The van der Waals surface area contributed by atoms with Crippen LogP contribution in [0, 0.1) is 13.8 Å². The molecule has 1 amide bonds. The van der Waals surface area contributed by atoms with Crippen molar-refractivity contribution in [3.8, 4) is 5.75 Å². The Morgan fingerprint density at radius 2 is 1.73 bits per heavy atom. The minimum absolute atomic E-state index is 0.224. The average molecular weight is 345 g/mol. The van der Waals surface area contributed by atoms with Crippen molar-refractivity contribution < 1.29 is 13.9 Å². The highest BCUT2D eigenvalue weighted by Gasteiger charge is 2.19. The van der Waals surface area contributed by atoms with Gasteiger partial charge in [-0.3, -0.25) is 4.79 Å². The molecule has 0 saturated carbocycles. The van der Waals surface area contributed by atoms with Gasteiger partial charge in [0, 0.05) is 5.39 Å². The van der Waals surface area contributed by atoms with Crippen LogP contribution in [-0.2, 0) is 0 Å². The number of nitrogens with one attached hydrogen (secondary N) is 1. The van der Waals surface area contributed by atoms with Gasteiger partial charge < -0.3 is 14.5 Å². The molecule has 1 heterocycles. The number of hydrogen-bond acceptors (Lipinski definition) is 3. The summed E-state index contributed by atoms with van der Waals surface area (Å²) in [6.07, 6.45) is 0. The van der Waals surface area contributed by atoms with E-state index in [0.29, 0.717) is 22.6 Å². The Balaban J connectivity index is 1.83. The Morgan fingerprint density at radius 3 is 2.54 bits per heavy atom. The van der Waals surface area contributed by atoms with Gasteiger partial charge in [-0.1, -0.05) is 42.5 Å². The quantitative estimate of drug-likeness (QED) is 0.536. The third kappa shape index (κ3) is 2.51.